The van der Waals surface area contributed by atoms with Crippen LogP contribution in [0.4, 0.5) is 11.4 Å². The van der Waals surface area contributed by atoms with Gasteiger partial charge in [-0.2, -0.15) is 0 Å². The van der Waals surface area contributed by atoms with Gasteiger partial charge in [0.1, 0.15) is 0 Å². The molecule has 1 aliphatic heterocycles. The molecule has 2 rings (SSSR count). The maximum Gasteiger partial charge on any atom is 0.337 e. The largest absolute Gasteiger partial charge is 0.478 e. The number of carboxylic acids is 1. The number of nitrogens with one attached hydrogen (secondary N) is 1. The number of ether oxygens (including phenoxy) is 2. The third-order valence-electron chi connectivity index (χ3n) is 4.04. The highest BCUT2D eigenvalue weighted by molar-refractivity contribution is 5.98. The normalized spacial score (nSPS) is 17.1. The fraction of sp³-hybridized carbons (Fsp3) is 0.556. The van der Waals surface area contributed by atoms with Crippen LogP contribution in [-0.2, 0) is 14.3 Å². The quantitative estimate of drug-likeness (QED) is 0.748. The van der Waals surface area contributed by atoms with Gasteiger partial charge in [-0.15, -0.1) is 0 Å². The van der Waals surface area contributed by atoms with E-state index in [2.05, 4.69) is 5.32 Å². The first-order chi connectivity index (χ1) is 12.0. The molecule has 7 nitrogen and oxygen atoms in total. The lowest BCUT2D eigenvalue weighted by atomic mass is 10.1. The number of anilines is 2. The van der Waals surface area contributed by atoms with Gasteiger partial charge in [-0.1, -0.05) is 13.3 Å². The minimum atomic E-state index is -1.03. The van der Waals surface area contributed by atoms with Crippen molar-refractivity contribution in [3.63, 3.8) is 0 Å². The molecule has 1 aromatic rings. The molecule has 0 saturated carbocycles. The van der Waals surface area contributed by atoms with Gasteiger partial charge in [0.15, 0.2) is 0 Å². The zero-order valence-corrected chi connectivity index (χ0v) is 14.8. The molecule has 0 aliphatic carbocycles. The molecule has 1 aromatic carbocycles. The van der Waals surface area contributed by atoms with E-state index in [1.165, 1.54) is 6.07 Å². The van der Waals surface area contributed by atoms with Crippen molar-refractivity contribution < 1.29 is 24.2 Å². The molecular weight excluding hydrogens is 324 g/mol. The SMILES string of the molecule is CCCCC(=O)Nc1ccc(N(C)C[C@@H]2COCCO2)c(C(=O)O)c1. The minimum Gasteiger partial charge on any atom is -0.478 e. The van der Waals surface area contributed by atoms with Gasteiger partial charge >= 0.3 is 5.97 Å². The smallest absolute Gasteiger partial charge is 0.337 e. The molecule has 2 N–H and O–H groups in total. The van der Waals surface area contributed by atoms with Crippen molar-refractivity contribution in [2.75, 3.05) is 43.6 Å². The Balaban J connectivity index is 2.09. The maximum absolute atomic E-state index is 11.8. The molecule has 1 heterocycles. The van der Waals surface area contributed by atoms with Crippen LogP contribution in [0.15, 0.2) is 18.2 Å². The van der Waals surface area contributed by atoms with Crippen molar-refractivity contribution in [2.45, 2.75) is 32.3 Å². The second-order valence-electron chi connectivity index (χ2n) is 6.14. The average molecular weight is 350 g/mol. The predicted molar refractivity (Wildman–Crippen MR) is 95.4 cm³/mol. The molecule has 0 bridgehead atoms. The fourth-order valence-corrected chi connectivity index (χ4v) is 2.72. The highest BCUT2D eigenvalue weighted by Gasteiger charge is 2.20. The Bertz CT molecular complexity index is 599. The Kier molecular flexibility index (Phi) is 7.21. The zero-order chi connectivity index (χ0) is 18.2. The first kappa shape index (κ1) is 19.2. The number of carbonyl (C=O) groups is 2. The van der Waals surface area contributed by atoms with Crippen LogP contribution in [0.1, 0.15) is 36.5 Å². The number of hydrogen-bond donors (Lipinski definition) is 2. The number of rotatable bonds is 8. The molecular formula is C18H26N2O5. The van der Waals surface area contributed by atoms with E-state index in [9.17, 15) is 14.7 Å². The lowest BCUT2D eigenvalue weighted by Crippen LogP contribution is -2.38. The first-order valence-electron chi connectivity index (χ1n) is 8.59. The number of unbranched alkanes of at least 4 members (excludes halogenated alkanes) is 1. The van der Waals surface area contributed by atoms with Gasteiger partial charge in [-0.3, -0.25) is 4.79 Å². The van der Waals surface area contributed by atoms with Gasteiger partial charge in [-0.05, 0) is 24.6 Å². The van der Waals surface area contributed by atoms with E-state index in [-0.39, 0.29) is 17.6 Å². The lowest BCUT2D eigenvalue weighted by Gasteiger charge is -2.29. The summed E-state index contributed by atoms with van der Waals surface area (Å²) in [5.74, 6) is -1.14. The molecule has 1 amide bonds. The van der Waals surface area contributed by atoms with Crippen molar-refractivity contribution >= 4 is 23.3 Å². The first-order valence-corrected chi connectivity index (χ1v) is 8.59. The van der Waals surface area contributed by atoms with Crippen LogP contribution >= 0.6 is 0 Å². The molecule has 1 fully saturated rings. The second-order valence-corrected chi connectivity index (χ2v) is 6.14. The topological polar surface area (TPSA) is 88.1 Å². The van der Waals surface area contributed by atoms with Crippen LogP contribution in [0.2, 0.25) is 0 Å². The van der Waals surface area contributed by atoms with Crippen molar-refractivity contribution in [1.82, 2.24) is 0 Å². The van der Waals surface area contributed by atoms with Gasteiger partial charge in [0.05, 0.1) is 37.2 Å². The molecule has 0 spiro atoms. The number of amides is 1. The fourth-order valence-electron chi connectivity index (χ4n) is 2.72. The monoisotopic (exact) mass is 350 g/mol. The van der Waals surface area contributed by atoms with E-state index in [1.807, 2.05) is 18.9 Å². The van der Waals surface area contributed by atoms with Crippen molar-refractivity contribution in [1.29, 1.82) is 0 Å². The summed E-state index contributed by atoms with van der Waals surface area (Å²) in [6.45, 7) is 4.18. The summed E-state index contributed by atoms with van der Waals surface area (Å²) >= 11 is 0. The van der Waals surface area contributed by atoms with Gasteiger partial charge in [0.25, 0.3) is 0 Å². The number of carboxylic acid groups (broad SMARTS) is 1. The summed E-state index contributed by atoms with van der Waals surface area (Å²) < 4.78 is 11.0. The van der Waals surface area contributed by atoms with Crippen LogP contribution in [-0.4, -0.2) is 56.5 Å². The number of likely N-dealkylation sites (N-methyl/N-ethyl adjacent to an activating group) is 1. The van der Waals surface area contributed by atoms with Crippen molar-refractivity contribution in [3.8, 4) is 0 Å². The van der Waals surface area contributed by atoms with Crippen molar-refractivity contribution in [3.05, 3.63) is 23.8 Å². The summed E-state index contributed by atoms with van der Waals surface area (Å²) in [4.78, 5) is 25.3. The maximum atomic E-state index is 11.8. The Morgan fingerprint density at radius 2 is 2.16 bits per heavy atom. The van der Waals surface area contributed by atoms with E-state index < -0.39 is 5.97 Å². The number of aromatic carboxylic acids is 1. The number of carbonyl (C=O) groups excluding carboxylic acids is 1. The van der Waals surface area contributed by atoms with Crippen molar-refractivity contribution in [2.24, 2.45) is 0 Å². The van der Waals surface area contributed by atoms with Gasteiger partial charge in [0.2, 0.25) is 5.91 Å². The Hall–Kier alpha value is -2.12. The number of hydrogen-bond acceptors (Lipinski definition) is 5. The summed E-state index contributed by atoms with van der Waals surface area (Å²) in [7, 11) is 1.82. The zero-order valence-electron chi connectivity index (χ0n) is 14.8. The molecule has 138 valence electrons. The molecule has 1 atom stereocenters. The molecule has 1 aliphatic rings. The van der Waals surface area contributed by atoms with Crippen LogP contribution in [0.3, 0.4) is 0 Å². The lowest BCUT2D eigenvalue weighted by molar-refractivity contribution is -0.116. The van der Waals surface area contributed by atoms with E-state index in [1.54, 1.807) is 12.1 Å². The second kappa shape index (κ2) is 9.39. The average Bonchev–Trinajstić information content (AvgIpc) is 2.60. The van der Waals surface area contributed by atoms with E-state index in [0.717, 1.165) is 12.8 Å². The predicted octanol–water partition coefficient (Wildman–Crippen LogP) is 2.37. The summed E-state index contributed by atoms with van der Waals surface area (Å²) in [6, 6.07) is 4.93. The highest BCUT2D eigenvalue weighted by Crippen LogP contribution is 2.24. The number of nitrogens with zero attached hydrogens (tertiary/aromatic N) is 1. The van der Waals surface area contributed by atoms with Crippen LogP contribution in [0.25, 0.3) is 0 Å². The molecule has 25 heavy (non-hydrogen) atoms. The van der Waals surface area contributed by atoms with E-state index in [4.69, 9.17) is 9.47 Å². The standard InChI is InChI=1S/C18H26N2O5/c1-3-4-5-17(21)19-13-6-7-16(15(10-13)18(22)23)20(2)11-14-12-24-8-9-25-14/h6-7,10,14H,3-5,8-9,11-12H2,1-2H3,(H,19,21)(H,22,23)/t14-/m1/s1. The third kappa shape index (κ3) is 5.72. The van der Waals surface area contributed by atoms with E-state index in [0.29, 0.717) is 44.2 Å². The van der Waals surface area contributed by atoms with Gasteiger partial charge in [0, 0.05) is 25.7 Å². The molecule has 0 unspecified atom stereocenters. The Labute approximate surface area is 147 Å². The molecule has 0 radical (unpaired) electrons. The van der Waals surface area contributed by atoms with Crippen LogP contribution in [0.5, 0.6) is 0 Å². The highest BCUT2D eigenvalue weighted by atomic mass is 16.6. The summed E-state index contributed by atoms with van der Waals surface area (Å²) in [6.07, 6.45) is 2.08. The third-order valence-corrected chi connectivity index (χ3v) is 4.04. The van der Waals surface area contributed by atoms with Gasteiger partial charge in [-0.25, -0.2) is 4.79 Å². The van der Waals surface area contributed by atoms with Gasteiger partial charge < -0.3 is 24.8 Å². The van der Waals surface area contributed by atoms with E-state index >= 15 is 0 Å². The van der Waals surface area contributed by atoms with Crippen LogP contribution < -0.4 is 10.2 Å². The molecule has 0 aromatic heterocycles. The summed E-state index contributed by atoms with van der Waals surface area (Å²) in [5, 5.41) is 12.3. The molecule has 7 heteroatoms. The number of benzene rings is 1. The summed E-state index contributed by atoms with van der Waals surface area (Å²) in [5.41, 5.74) is 1.22. The Morgan fingerprint density at radius 3 is 2.80 bits per heavy atom. The van der Waals surface area contributed by atoms with Crippen LogP contribution in [0, 0.1) is 0 Å². The molecule has 1 saturated heterocycles. The minimum absolute atomic E-state index is 0.0891. The Morgan fingerprint density at radius 1 is 1.36 bits per heavy atom.